The van der Waals surface area contributed by atoms with Gasteiger partial charge in [-0.1, -0.05) is 199 Å². The van der Waals surface area contributed by atoms with E-state index in [-0.39, 0.29) is 18.9 Å². The van der Waals surface area contributed by atoms with Crippen LogP contribution in [0.2, 0.25) is 0 Å². The van der Waals surface area contributed by atoms with Crippen LogP contribution >= 0.6 is 0 Å². The Labute approximate surface area is 280 Å². The summed E-state index contributed by atoms with van der Waals surface area (Å²) in [6, 6.07) is -0.738. The van der Waals surface area contributed by atoms with Gasteiger partial charge < -0.3 is 20.6 Å². The highest BCUT2D eigenvalue weighted by Gasteiger charge is 2.20. The number of carbonyl (C=O) groups excluding carboxylic acids is 1. The van der Waals surface area contributed by atoms with Gasteiger partial charge in [-0.15, -0.1) is 0 Å². The third-order valence-electron chi connectivity index (χ3n) is 9.32. The lowest BCUT2D eigenvalue weighted by molar-refractivity contribution is -0.124. The number of aliphatic hydroxyl groups is 3. The average molecular weight is 638 g/mol. The van der Waals surface area contributed by atoms with Crippen LogP contribution in [0.15, 0.2) is 12.2 Å². The van der Waals surface area contributed by atoms with Gasteiger partial charge in [0, 0.05) is 0 Å². The highest BCUT2D eigenvalue weighted by atomic mass is 16.3. The largest absolute Gasteiger partial charge is 0.394 e. The second-order valence-electron chi connectivity index (χ2n) is 13.9. The van der Waals surface area contributed by atoms with Gasteiger partial charge in [0.2, 0.25) is 5.91 Å². The highest BCUT2D eigenvalue weighted by molar-refractivity contribution is 5.76. The summed E-state index contributed by atoms with van der Waals surface area (Å²) in [5.74, 6) is -0.313. The van der Waals surface area contributed by atoms with E-state index >= 15 is 0 Å². The monoisotopic (exact) mass is 638 g/mol. The van der Waals surface area contributed by atoms with E-state index in [0.717, 1.165) is 25.7 Å². The summed E-state index contributed by atoms with van der Waals surface area (Å²) < 4.78 is 0. The summed E-state index contributed by atoms with van der Waals surface area (Å²) in [7, 11) is 0. The number of unbranched alkanes of at least 4 members (excludes halogenated alkanes) is 27. The smallest absolute Gasteiger partial charge is 0.222 e. The molecule has 0 spiro atoms. The molecule has 3 atom stereocenters. The lowest BCUT2D eigenvalue weighted by Crippen LogP contribution is -2.45. The van der Waals surface area contributed by atoms with E-state index in [4.69, 9.17) is 0 Å². The van der Waals surface area contributed by atoms with Gasteiger partial charge in [-0.3, -0.25) is 4.79 Å². The van der Waals surface area contributed by atoms with Crippen LogP contribution in [-0.4, -0.2) is 46.1 Å². The third-order valence-corrected chi connectivity index (χ3v) is 9.32. The number of allylic oxidation sites excluding steroid dienone is 1. The summed E-state index contributed by atoms with van der Waals surface area (Å²) >= 11 is 0. The Morgan fingerprint density at radius 3 is 1.29 bits per heavy atom. The van der Waals surface area contributed by atoms with Crippen molar-refractivity contribution < 1.29 is 20.1 Å². The number of aliphatic hydroxyl groups excluding tert-OH is 3. The minimum absolute atomic E-state index is 0.0184. The second kappa shape index (κ2) is 35.9. The molecule has 5 heteroatoms. The van der Waals surface area contributed by atoms with E-state index in [1.54, 1.807) is 6.08 Å². The van der Waals surface area contributed by atoms with Crippen LogP contribution in [0.4, 0.5) is 0 Å². The number of hydrogen-bond donors (Lipinski definition) is 4. The number of hydrogen-bond acceptors (Lipinski definition) is 4. The van der Waals surface area contributed by atoms with Crippen molar-refractivity contribution in [2.45, 2.75) is 231 Å². The molecule has 0 rings (SSSR count). The highest BCUT2D eigenvalue weighted by Crippen LogP contribution is 2.16. The van der Waals surface area contributed by atoms with Crippen molar-refractivity contribution in [2.75, 3.05) is 6.61 Å². The number of rotatable bonds is 36. The Kier molecular flexibility index (Phi) is 35.2. The summed E-state index contributed by atoms with van der Waals surface area (Å²) in [5, 5.41) is 33.1. The van der Waals surface area contributed by atoms with Crippen molar-refractivity contribution >= 4 is 5.91 Å². The van der Waals surface area contributed by atoms with E-state index in [0.29, 0.717) is 6.42 Å². The zero-order chi connectivity index (χ0) is 33.1. The first-order valence-corrected chi connectivity index (χ1v) is 20.0. The predicted octanol–water partition coefficient (Wildman–Crippen LogP) is 10.9. The van der Waals surface area contributed by atoms with E-state index in [9.17, 15) is 20.1 Å². The van der Waals surface area contributed by atoms with Crippen molar-refractivity contribution in [3.8, 4) is 0 Å². The molecular formula is C40H79NO4. The molecule has 3 unspecified atom stereocenters. The lowest BCUT2D eigenvalue weighted by atomic mass is 10.0. The fourth-order valence-electron chi connectivity index (χ4n) is 6.22. The zero-order valence-electron chi connectivity index (χ0n) is 30.3. The summed E-state index contributed by atoms with van der Waals surface area (Å²) in [6.45, 7) is 4.21. The SMILES string of the molecule is CCCCCCCCCCCCCC/C=C/C(O)C(CO)NC(=O)CC(O)CCCCCCCCCCCCCCCCCC. The van der Waals surface area contributed by atoms with Crippen LogP contribution < -0.4 is 5.32 Å². The molecule has 0 aromatic carbocycles. The van der Waals surface area contributed by atoms with Crippen molar-refractivity contribution in [2.24, 2.45) is 0 Å². The van der Waals surface area contributed by atoms with E-state index in [2.05, 4.69) is 19.2 Å². The summed E-state index contributed by atoms with van der Waals surface area (Å²) in [4.78, 5) is 12.4. The minimum Gasteiger partial charge on any atom is -0.394 e. The van der Waals surface area contributed by atoms with Gasteiger partial charge in [0.15, 0.2) is 0 Å². The Hall–Kier alpha value is -0.910. The summed E-state index contributed by atoms with van der Waals surface area (Å²) in [5.41, 5.74) is 0. The average Bonchev–Trinajstić information content (AvgIpc) is 3.03. The maximum Gasteiger partial charge on any atom is 0.222 e. The lowest BCUT2D eigenvalue weighted by Gasteiger charge is -2.21. The first kappa shape index (κ1) is 44.1. The number of carbonyl (C=O) groups is 1. The molecule has 1 amide bonds. The molecular weight excluding hydrogens is 558 g/mol. The molecule has 0 saturated carbocycles. The van der Waals surface area contributed by atoms with Gasteiger partial charge in [-0.05, 0) is 19.3 Å². The van der Waals surface area contributed by atoms with Crippen LogP contribution in [0.25, 0.3) is 0 Å². The molecule has 5 nitrogen and oxygen atoms in total. The molecule has 0 heterocycles. The molecule has 0 aromatic heterocycles. The van der Waals surface area contributed by atoms with Gasteiger partial charge in [-0.25, -0.2) is 0 Å². The molecule has 0 aliphatic heterocycles. The van der Waals surface area contributed by atoms with Crippen molar-refractivity contribution in [3.05, 3.63) is 12.2 Å². The van der Waals surface area contributed by atoms with Crippen molar-refractivity contribution in [1.82, 2.24) is 5.32 Å². The number of amides is 1. The van der Waals surface area contributed by atoms with Gasteiger partial charge in [0.1, 0.15) is 0 Å². The Balaban J connectivity index is 3.68. The molecule has 0 aliphatic rings. The number of nitrogens with one attached hydrogen (secondary N) is 1. The van der Waals surface area contributed by atoms with Crippen LogP contribution in [0.5, 0.6) is 0 Å². The van der Waals surface area contributed by atoms with E-state index < -0.39 is 18.2 Å². The predicted molar refractivity (Wildman–Crippen MR) is 195 cm³/mol. The summed E-state index contributed by atoms with van der Waals surface area (Å²) in [6.07, 6.45) is 40.5. The van der Waals surface area contributed by atoms with Gasteiger partial charge >= 0.3 is 0 Å². The molecule has 45 heavy (non-hydrogen) atoms. The standard InChI is InChI=1S/C40H79NO4/c1-3-5-7-9-11-13-15-17-19-20-21-23-25-27-29-31-33-37(43)35-40(45)41-38(36-42)39(44)34-32-30-28-26-24-22-18-16-14-12-10-8-6-4-2/h32,34,37-39,42-44H,3-31,33,35-36H2,1-2H3,(H,41,45)/b34-32+. The molecule has 268 valence electrons. The second-order valence-corrected chi connectivity index (χ2v) is 13.9. The van der Waals surface area contributed by atoms with Gasteiger partial charge in [0.05, 0.1) is 31.3 Å². The first-order valence-electron chi connectivity index (χ1n) is 20.0. The zero-order valence-corrected chi connectivity index (χ0v) is 30.3. The Bertz CT molecular complexity index is 625. The molecule has 0 bridgehead atoms. The van der Waals surface area contributed by atoms with Crippen LogP contribution in [0, 0.1) is 0 Å². The first-order chi connectivity index (χ1) is 22.0. The quantitative estimate of drug-likeness (QED) is 0.0406. The van der Waals surface area contributed by atoms with E-state index in [1.807, 2.05) is 6.08 Å². The van der Waals surface area contributed by atoms with Crippen molar-refractivity contribution in [1.29, 1.82) is 0 Å². The third kappa shape index (κ3) is 32.8. The molecule has 0 aliphatic carbocycles. The molecule has 0 aromatic rings. The normalized spacial score (nSPS) is 13.8. The van der Waals surface area contributed by atoms with Crippen LogP contribution in [-0.2, 0) is 4.79 Å². The van der Waals surface area contributed by atoms with Crippen molar-refractivity contribution in [3.63, 3.8) is 0 Å². The fraction of sp³-hybridized carbons (Fsp3) is 0.925. The topological polar surface area (TPSA) is 89.8 Å². The molecule has 0 saturated heterocycles. The maximum absolute atomic E-state index is 12.4. The van der Waals surface area contributed by atoms with Crippen LogP contribution in [0.3, 0.4) is 0 Å². The van der Waals surface area contributed by atoms with Gasteiger partial charge in [0.25, 0.3) is 0 Å². The Morgan fingerprint density at radius 2 is 0.911 bits per heavy atom. The Morgan fingerprint density at radius 1 is 0.556 bits per heavy atom. The molecule has 4 N–H and O–H groups in total. The molecule has 0 fully saturated rings. The fourth-order valence-corrected chi connectivity index (χ4v) is 6.22. The minimum atomic E-state index is -0.922. The maximum atomic E-state index is 12.4. The van der Waals surface area contributed by atoms with Gasteiger partial charge in [-0.2, -0.15) is 0 Å². The molecule has 0 radical (unpaired) electrons. The van der Waals surface area contributed by atoms with E-state index in [1.165, 1.54) is 161 Å². The van der Waals surface area contributed by atoms with Crippen LogP contribution in [0.1, 0.15) is 213 Å².